The van der Waals surface area contributed by atoms with Crippen molar-refractivity contribution in [3.05, 3.63) is 34.9 Å². The second-order valence-corrected chi connectivity index (χ2v) is 3.90. The Hall–Kier alpha value is -0.860. The molecule has 1 aromatic rings. The maximum absolute atomic E-state index is 11.9. The number of halogens is 1. The molecular formula is C11H12ClNO. The molecule has 3 heteroatoms. The van der Waals surface area contributed by atoms with Gasteiger partial charge in [0.05, 0.1) is 11.1 Å². The summed E-state index contributed by atoms with van der Waals surface area (Å²) in [6.45, 7) is 0.931. The van der Waals surface area contributed by atoms with Crippen molar-refractivity contribution in [2.75, 3.05) is 6.54 Å². The number of hydrogen-bond acceptors (Lipinski definition) is 2. The second-order valence-electron chi connectivity index (χ2n) is 3.49. The highest BCUT2D eigenvalue weighted by Gasteiger charge is 2.24. The van der Waals surface area contributed by atoms with Crippen LogP contribution in [0.4, 0.5) is 0 Å². The zero-order valence-corrected chi connectivity index (χ0v) is 8.55. The Kier molecular flexibility index (Phi) is 2.85. The van der Waals surface area contributed by atoms with E-state index in [0.29, 0.717) is 10.6 Å². The van der Waals surface area contributed by atoms with Crippen LogP contribution >= 0.6 is 11.6 Å². The van der Waals surface area contributed by atoms with Crippen molar-refractivity contribution in [1.82, 2.24) is 5.32 Å². The molecule has 0 aromatic heterocycles. The fourth-order valence-corrected chi connectivity index (χ4v) is 1.99. The Labute approximate surface area is 88.3 Å². The van der Waals surface area contributed by atoms with Crippen LogP contribution in [0.2, 0.25) is 5.02 Å². The maximum atomic E-state index is 11.9. The van der Waals surface area contributed by atoms with Gasteiger partial charge in [-0.1, -0.05) is 23.7 Å². The SMILES string of the molecule is O=C(c1ccccc1Cl)C1CCCN1. The molecule has 1 aromatic carbocycles. The molecule has 74 valence electrons. The summed E-state index contributed by atoms with van der Waals surface area (Å²) >= 11 is 5.95. The van der Waals surface area contributed by atoms with E-state index >= 15 is 0 Å². The molecule has 1 aliphatic rings. The molecule has 1 atom stereocenters. The fourth-order valence-electron chi connectivity index (χ4n) is 1.76. The molecule has 1 N–H and O–H groups in total. The molecule has 0 amide bonds. The summed E-state index contributed by atoms with van der Waals surface area (Å²) in [6, 6.07) is 7.18. The molecule has 14 heavy (non-hydrogen) atoms. The van der Waals surface area contributed by atoms with Gasteiger partial charge >= 0.3 is 0 Å². The average molecular weight is 210 g/mol. The predicted molar refractivity (Wildman–Crippen MR) is 56.8 cm³/mol. The largest absolute Gasteiger partial charge is 0.307 e. The van der Waals surface area contributed by atoms with Gasteiger partial charge in [0.15, 0.2) is 5.78 Å². The molecule has 2 rings (SSSR count). The summed E-state index contributed by atoms with van der Waals surface area (Å²) in [5.41, 5.74) is 0.633. The Morgan fingerprint density at radius 2 is 2.21 bits per heavy atom. The summed E-state index contributed by atoms with van der Waals surface area (Å²) in [5, 5.41) is 3.72. The zero-order valence-electron chi connectivity index (χ0n) is 7.79. The van der Waals surface area contributed by atoms with E-state index in [2.05, 4.69) is 5.32 Å². The van der Waals surface area contributed by atoms with Crippen molar-refractivity contribution < 1.29 is 4.79 Å². The number of hydrogen-bond donors (Lipinski definition) is 1. The van der Waals surface area contributed by atoms with Crippen molar-refractivity contribution in [1.29, 1.82) is 0 Å². The third-order valence-electron chi connectivity index (χ3n) is 2.52. The van der Waals surface area contributed by atoms with Crippen LogP contribution in [0.5, 0.6) is 0 Å². The van der Waals surface area contributed by atoms with Gasteiger partial charge in [-0.25, -0.2) is 0 Å². The first-order valence-electron chi connectivity index (χ1n) is 4.81. The van der Waals surface area contributed by atoms with Gasteiger partial charge in [-0.05, 0) is 31.5 Å². The molecule has 0 radical (unpaired) electrons. The van der Waals surface area contributed by atoms with Gasteiger partial charge < -0.3 is 5.32 Å². The molecular weight excluding hydrogens is 198 g/mol. The highest BCUT2D eigenvalue weighted by molar-refractivity contribution is 6.34. The Bertz CT molecular complexity index is 345. The zero-order chi connectivity index (χ0) is 9.97. The molecule has 0 bridgehead atoms. The van der Waals surface area contributed by atoms with Gasteiger partial charge in [-0.2, -0.15) is 0 Å². The van der Waals surface area contributed by atoms with E-state index in [1.165, 1.54) is 0 Å². The van der Waals surface area contributed by atoms with Crippen molar-refractivity contribution in [3.63, 3.8) is 0 Å². The lowest BCUT2D eigenvalue weighted by molar-refractivity contribution is 0.0952. The van der Waals surface area contributed by atoms with Crippen LogP contribution in [0.15, 0.2) is 24.3 Å². The average Bonchev–Trinajstić information content (AvgIpc) is 2.70. The van der Waals surface area contributed by atoms with E-state index in [0.717, 1.165) is 19.4 Å². The number of ketones is 1. The van der Waals surface area contributed by atoms with Gasteiger partial charge in [0.1, 0.15) is 0 Å². The summed E-state index contributed by atoms with van der Waals surface area (Å²) in [5.74, 6) is 0.119. The minimum absolute atomic E-state index is 0.0325. The molecule has 0 aliphatic carbocycles. The van der Waals surface area contributed by atoms with Crippen molar-refractivity contribution in [2.45, 2.75) is 18.9 Å². The van der Waals surface area contributed by atoms with E-state index in [4.69, 9.17) is 11.6 Å². The van der Waals surface area contributed by atoms with Gasteiger partial charge in [0.2, 0.25) is 0 Å². The van der Waals surface area contributed by atoms with Crippen LogP contribution in [-0.2, 0) is 0 Å². The summed E-state index contributed by atoms with van der Waals surface area (Å²) < 4.78 is 0. The molecule has 0 spiro atoms. The van der Waals surface area contributed by atoms with Crippen LogP contribution < -0.4 is 5.32 Å². The fraction of sp³-hybridized carbons (Fsp3) is 0.364. The number of benzene rings is 1. The minimum atomic E-state index is -0.0325. The van der Waals surface area contributed by atoms with Gasteiger partial charge in [-0.3, -0.25) is 4.79 Å². The number of carbonyl (C=O) groups excluding carboxylic acids is 1. The molecule has 1 fully saturated rings. The third kappa shape index (κ3) is 1.81. The Morgan fingerprint density at radius 3 is 2.86 bits per heavy atom. The first kappa shape index (κ1) is 9.69. The standard InChI is InChI=1S/C11H12ClNO/c12-9-5-2-1-4-8(9)11(14)10-6-3-7-13-10/h1-2,4-5,10,13H,3,6-7H2. The summed E-state index contributed by atoms with van der Waals surface area (Å²) in [7, 11) is 0. The van der Waals surface area contributed by atoms with Crippen molar-refractivity contribution in [2.24, 2.45) is 0 Å². The van der Waals surface area contributed by atoms with E-state index in [9.17, 15) is 4.79 Å². The van der Waals surface area contributed by atoms with Crippen LogP contribution in [-0.4, -0.2) is 18.4 Å². The van der Waals surface area contributed by atoms with Gasteiger partial charge in [-0.15, -0.1) is 0 Å². The molecule has 1 unspecified atom stereocenters. The highest BCUT2D eigenvalue weighted by atomic mass is 35.5. The van der Waals surface area contributed by atoms with Gasteiger partial charge in [0, 0.05) is 5.56 Å². The van der Waals surface area contributed by atoms with Crippen LogP contribution in [0, 0.1) is 0 Å². The minimum Gasteiger partial charge on any atom is -0.307 e. The molecule has 2 nitrogen and oxygen atoms in total. The lowest BCUT2D eigenvalue weighted by Crippen LogP contribution is -2.30. The van der Waals surface area contributed by atoms with Crippen molar-refractivity contribution >= 4 is 17.4 Å². The lowest BCUT2D eigenvalue weighted by Gasteiger charge is -2.09. The first-order valence-corrected chi connectivity index (χ1v) is 5.19. The van der Waals surface area contributed by atoms with E-state index in [1.54, 1.807) is 12.1 Å². The third-order valence-corrected chi connectivity index (χ3v) is 2.85. The molecule has 1 heterocycles. The molecule has 1 aliphatic heterocycles. The number of nitrogens with one attached hydrogen (secondary N) is 1. The highest BCUT2D eigenvalue weighted by Crippen LogP contribution is 2.19. The smallest absolute Gasteiger partial charge is 0.181 e. The quantitative estimate of drug-likeness (QED) is 0.758. The van der Waals surface area contributed by atoms with E-state index in [-0.39, 0.29) is 11.8 Å². The first-order chi connectivity index (χ1) is 6.79. The lowest BCUT2D eigenvalue weighted by atomic mass is 10.0. The topological polar surface area (TPSA) is 29.1 Å². The normalized spacial score (nSPS) is 21.1. The summed E-state index contributed by atoms with van der Waals surface area (Å²) in [4.78, 5) is 11.9. The van der Waals surface area contributed by atoms with Crippen LogP contribution in [0.1, 0.15) is 23.2 Å². The Morgan fingerprint density at radius 1 is 1.43 bits per heavy atom. The monoisotopic (exact) mass is 209 g/mol. The second kappa shape index (κ2) is 4.11. The van der Waals surface area contributed by atoms with Crippen LogP contribution in [0.25, 0.3) is 0 Å². The molecule has 0 saturated carbocycles. The summed E-state index contributed by atoms with van der Waals surface area (Å²) in [6.07, 6.45) is 1.99. The van der Waals surface area contributed by atoms with Crippen LogP contribution in [0.3, 0.4) is 0 Å². The van der Waals surface area contributed by atoms with E-state index < -0.39 is 0 Å². The molecule has 1 saturated heterocycles. The predicted octanol–water partition coefficient (Wildman–Crippen LogP) is 2.27. The number of rotatable bonds is 2. The number of carbonyl (C=O) groups is 1. The van der Waals surface area contributed by atoms with Crippen molar-refractivity contribution in [3.8, 4) is 0 Å². The number of Topliss-reactive ketones (excluding diaryl/α,β-unsaturated/α-hetero) is 1. The van der Waals surface area contributed by atoms with E-state index in [1.807, 2.05) is 12.1 Å². The Balaban J connectivity index is 2.22. The maximum Gasteiger partial charge on any atom is 0.181 e. The van der Waals surface area contributed by atoms with Gasteiger partial charge in [0.25, 0.3) is 0 Å².